The fraction of sp³-hybridized carbons (Fsp3) is 0.933. The van der Waals surface area contributed by atoms with Gasteiger partial charge in [0.05, 0.1) is 5.92 Å². The summed E-state index contributed by atoms with van der Waals surface area (Å²) >= 11 is 0. The van der Waals surface area contributed by atoms with Gasteiger partial charge in [-0.3, -0.25) is 4.79 Å². The normalized spacial score (nSPS) is 18.1. The Bertz CT molecular complexity index is 223. The molecule has 0 saturated carbocycles. The Morgan fingerprint density at radius 3 is 2.17 bits per heavy atom. The maximum atomic E-state index is 10.8. The first-order valence-electron chi connectivity index (χ1n) is 7.69. The minimum atomic E-state index is -0.606. The molecule has 0 spiro atoms. The number of carbonyl (C=O) groups is 1. The van der Waals surface area contributed by atoms with Crippen LogP contribution in [0.4, 0.5) is 0 Å². The number of aliphatic carboxylic acids is 1. The molecule has 0 amide bonds. The molecule has 0 aromatic carbocycles. The SMILES string of the molecule is CCCCCCCCCN1CCC(C(=O)O)CC1. The molecule has 0 aromatic heterocycles. The number of unbranched alkanes of at least 4 members (excludes halogenated alkanes) is 6. The molecule has 0 radical (unpaired) electrons. The molecule has 0 bridgehead atoms. The topological polar surface area (TPSA) is 40.5 Å². The van der Waals surface area contributed by atoms with Crippen molar-refractivity contribution >= 4 is 5.97 Å². The van der Waals surface area contributed by atoms with Gasteiger partial charge < -0.3 is 10.0 Å². The molecule has 106 valence electrons. The van der Waals surface area contributed by atoms with Crippen molar-refractivity contribution in [1.82, 2.24) is 4.90 Å². The molecule has 18 heavy (non-hydrogen) atoms. The van der Waals surface area contributed by atoms with Gasteiger partial charge in [-0.05, 0) is 38.9 Å². The van der Waals surface area contributed by atoms with Crippen LogP contribution in [-0.2, 0) is 4.79 Å². The number of carboxylic acid groups (broad SMARTS) is 1. The number of hydrogen-bond acceptors (Lipinski definition) is 2. The Hall–Kier alpha value is -0.570. The molecule has 1 saturated heterocycles. The van der Waals surface area contributed by atoms with Crippen molar-refractivity contribution in [3.8, 4) is 0 Å². The Morgan fingerprint density at radius 2 is 1.61 bits per heavy atom. The summed E-state index contributed by atoms with van der Waals surface area (Å²) in [5, 5.41) is 8.92. The van der Waals surface area contributed by atoms with Crippen LogP contribution in [-0.4, -0.2) is 35.6 Å². The number of likely N-dealkylation sites (tertiary alicyclic amines) is 1. The monoisotopic (exact) mass is 255 g/mol. The largest absolute Gasteiger partial charge is 0.481 e. The summed E-state index contributed by atoms with van der Waals surface area (Å²) in [5.41, 5.74) is 0. The minimum absolute atomic E-state index is 0.0877. The second-order valence-electron chi connectivity index (χ2n) is 5.58. The van der Waals surface area contributed by atoms with E-state index in [1.807, 2.05) is 0 Å². The zero-order valence-electron chi connectivity index (χ0n) is 11.9. The quantitative estimate of drug-likeness (QED) is 0.641. The maximum absolute atomic E-state index is 10.8. The second-order valence-corrected chi connectivity index (χ2v) is 5.58. The van der Waals surface area contributed by atoms with Crippen LogP contribution < -0.4 is 0 Å². The first-order chi connectivity index (χ1) is 8.74. The van der Waals surface area contributed by atoms with Crippen molar-refractivity contribution in [2.45, 2.75) is 64.7 Å². The highest BCUT2D eigenvalue weighted by molar-refractivity contribution is 5.70. The molecule has 0 aliphatic carbocycles. The second kappa shape index (κ2) is 9.37. The van der Waals surface area contributed by atoms with E-state index in [1.165, 1.54) is 51.5 Å². The molecule has 1 rings (SSSR count). The number of hydrogen-bond donors (Lipinski definition) is 1. The molecule has 1 fully saturated rings. The van der Waals surface area contributed by atoms with Crippen LogP contribution in [0.2, 0.25) is 0 Å². The minimum Gasteiger partial charge on any atom is -0.481 e. The molecule has 0 atom stereocenters. The van der Waals surface area contributed by atoms with Gasteiger partial charge in [-0.25, -0.2) is 0 Å². The summed E-state index contributed by atoms with van der Waals surface area (Å²) in [6.45, 7) is 5.38. The van der Waals surface area contributed by atoms with E-state index in [9.17, 15) is 4.79 Å². The van der Waals surface area contributed by atoms with Gasteiger partial charge >= 0.3 is 5.97 Å². The average molecular weight is 255 g/mol. The highest BCUT2D eigenvalue weighted by Gasteiger charge is 2.23. The molecular weight excluding hydrogens is 226 g/mol. The highest BCUT2D eigenvalue weighted by Crippen LogP contribution is 2.17. The number of rotatable bonds is 9. The smallest absolute Gasteiger partial charge is 0.306 e. The Morgan fingerprint density at radius 1 is 1.06 bits per heavy atom. The first-order valence-corrected chi connectivity index (χ1v) is 7.69. The Labute approximate surface area is 112 Å². The van der Waals surface area contributed by atoms with Crippen LogP contribution in [0.5, 0.6) is 0 Å². The van der Waals surface area contributed by atoms with E-state index in [1.54, 1.807) is 0 Å². The molecule has 3 heteroatoms. The van der Waals surface area contributed by atoms with E-state index in [0.29, 0.717) is 0 Å². The van der Waals surface area contributed by atoms with Gasteiger partial charge in [0.1, 0.15) is 0 Å². The van der Waals surface area contributed by atoms with Gasteiger partial charge in [0.15, 0.2) is 0 Å². The van der Waals surface area contributed by atoms with Gasteiger partial charge in [-0.2, -0.15) is 0 Å². The third-order valence-electron chi connectivity index (χ3n) is 4.01. The average Bonchev–Trinajstić information content (AvgIpc) is 2.38. The van der Waals surface area contributed by atoms with E-state index in [2.05, 4.69) is 11.8 Å². The van der Waals surface area contributed by atoms with Crippen molar-refractivity contribution in [2.75, 3.05) is 19.6 Å². The molecule has 1 heterocycles. The van der Waals surface area contributed by atoms with Crippen molar-refractivity contribution in [3.05, 3.63) is 0 Å². The molecular formula is C15H29NO2. The standard InChI is InChI=1S/C15H29NO2/c1-2-3-4-5-6-7-8-11-16-12-9-14(10-13-16)15(17)18/h14H,2-13H2,1H3,(H,17,18). The van der Waals surface area contributed by atoms with Gasteiger partial charge in [-0.15, -0.1) is 0 Å². The lowest BCUT2D eigenvalue weighted by atomic mass is 9.97. The molecule has 0 unspecified atom stereocenters. The van der Waals surface area contributed by atoms with E-state index >= 15 is 0 Å². The van der Waals surface area contributed by atoms with Crippen molar-refractivity contribution < 1.29 is 9.90 Å². The Kier molecular flexibility index (Phi) is 8.06. The van der Waals surface area contributed by atoms with Crippen LogP contribution in [0.25, 0.3) is 0 Å². The number of nitrogens with zero attached hydrogens (tertiary/aromatic N) is 1. The lowest BCUT2D eigenvalue weighted by molar-refractivity contribution is -0.143. The first kappa shape index (κ1) is 15.5. The van der Waals surface area contributed by atoms with Crippen molar-refractivity contribution in [3.63, 3.8) is 0 Å². The van der Waals surface area contributed by atoms with Crippen LogP contribution >= 0.6 is 0 Å². The van der Waals surface area contributed by atoms with E-state index in [4.69, 9.17) is 5.11 Å². The third-order valence-corrected chi connectivity index (χ3v) is 4.01. The Balaban J connectivity index is 1.93. The van der Waals surface area contributed by atoms with Gasteiger partial charge in [0.25, 0.3) is 0 Å². The zero-order chi connectivity index (χ0) is 13.2. The third kappa shape index (κ3) is 6.39. The fourth-order valence-electron chi connectivity index (χ4n) is 2.70. The fourth-order valence-corrected chi connectivity index (χ4v) is 2.70. The lowest BCUT2D eigenvalue weighted by Gasteiger charge is -2.29. The maximum Gasteiger partial charge on any atom is 0.306 e. The summed E-state index contributed by atoms with van der Waals surface area (Å²) in [6.07, 6.45) is 11.1. The van der Waals surface area contributed by atoms with Crippen LogP contribution in [0.1, 0.15) is 64.7 Å². The van der Waals surface area contributed by atoms with Crippen molar-refractivity contribution in [2.24, 2.45) is 5.92 Å². The van der Waals surface area contributed by atoms with Crippen LogP contribution in [0.15, 0.2) is 0 Å². The van der Waals surface area contributed by atoms with Crippen molar-refractivity contribution in [1.29, 1.82) is 0 Å². The van der Waals surface area contributed by atoms with Crippen LogP contribution in [0, 0.1) is 5.92 Å². The summed E-state index contributed by atoms with van der Waals surface area (Å²) in [4.78, 5) is 13.3. The highest BCUT2D eigenvalue weighted by atomic mass is 16.4. The summed E-state index contributed by atoms with van der Waals surface area (Å²) < 4.78 is 0. The number of carboxylic acids is 1. The van der Waals surface area contributed by atoms with Gasteiger partial charge in [-0.1, -0.05) is 45.4 Å². The van der Waals surface area contributed by atoms with Gasteiger partial charge in [0.2, 0.25) is 0 Å². The van der Waals surface area contributed by atoms with E-state index < -0.39 is 5.97 Å². The summed E-state index contributed by atoms with van der Waals surface area (Å²) in [6, 6.07) is 0. The van der Waals surface area contributed by atoms with Crippen LogP contribution in [0.3, 0.4) is 0 Å². The molecule has 1 aliphatic rings. The summed E-state index contributed by atoms with van der Waals surface area (Å²) in [5.74, 6) is -0.694. The van der Waals surface area contributed by atoms with E-state index in [0.717, 1.165) is 25.9 Å². The van der Waals surface area contributed by atoms with Gasteiger partial charge in [0, 0.05) is 0 Å². The summed E-state index contributed by atoms with van der Waals surface area (Å²) in [7, 11) is 0. The van der Waals surface area contributed by atoms with E-state index in [-0.39, 0.29) is 5.92 Å². The zero-order valence-corrected chi connectivity index (χ0v) is 11.9. The molecule has 1 N–H and O–H groups in total. The molecule has 0 aromatic rings. The number of piperidine rings is 1. The predicted molar refractivity (Wildman–Crippen MR) is 74.8 cm³/mol. The molecule has 3 nitrogen and oxygen atoms in total. The lowest BCUT2D eigenvalue weighted by Crippen LogP contribution is -2.36. The predicted octanol–water partition coefficient (Wildman–Crippen LogP) is 3.53. The molecule has 1 aliphatic heterocycles.